The fourth-order valence-electron chi connectivity index (χ4n) is 4.10. The Kier molecular flexibility index (Phi) is 7.89. The number of benzene rings is 3. The Morgan fingerprint density at radius 3 is 2.08 bits per heavy atom. The molecule has 1 aliphatic heterocycles. The van der Waals surface area contributed by atoms with E-state index in [1.54, 1.807) is 12.1 Å². The average Bonchev–Trinajstić information content (AvgIpc) is 2.84. The molecule has 0 spiro atoms. The van der Waals surface area contributed by atoms with Gasteiger partial charge in [0, 0.05) is 13.1 Å². The number of alkyl halides is 6. The summed E-state index contributed by atoms with van der Waals surface area (Å²) in [7, 11) is 0. The first-order valence-electron chi connectivity index (χ1n) is 11.3. The highest BCUT2D eigenvalue weighted by Crippen LogP contribution is 2.37. The fraction of sp³-hybridized carbons (Fsp3) is 0.259. The molecule has 1 aliphatic rings. The third-order valence-electron chi connectivity index (χ3n) is 5.84. The molecule has 0 amide bonds. The van der Waals surface area contributed by atoms with E-state index in [0.717, 1.165) is 17.9 Å². The Hall–Kier alpha value is -3.37. The third kappa shape index (κ3) is 6.90. The van der Waals surface area contributed by atoms with Gasteiger partial charge in [-0.1, -0.05) is 42.5 Å². The maximum absolute atomic E-state index is 13.6. The van der Waals surface area contributed by atoms with E-state index in [0.29, 0.717) is 30.8 Å². The maximum Gasteiger partial charge on any atom is 0.416 e. The van der Waals surface area contributed by atoms with Gasteiger partial charge in [0.05, 0.1) is 30.0 Å². The monoisotopic (exact) mass is 525 g/mol. The van der Waals surface area contributed by atoms with Gasteiger partial charge in [-0.05, 0) is 53.1 Å². The van der Waals surface area contributed by atoms with E-state index in [4.69, 9.17) is 9.47 Å². The van der Waals surface area contributed by atoms with Gasteiger partial charge >= 0.3 is 12.4 Å². The lowest BCUT2D eigenvalue weighted by atomic mass is 10.0. The van der Waals surface area contributed by atoms with Crippen LogP contribution in [-0.2, 0) is 28.4 Å². The van der Waals surface area contributed by atoms with E-state index < -0.39 is 41.6 Å². The van der Waals surface area contributed by atoms with Crippen molar-refractivity contribution in [1.82, 2.24) is 4.90 Å². The van der Waals surface area contributed by atoms with Gasteiger partial charge in [-0.15, -0.1) is 0 Å². The topological polar surface area (TPSA) is 21.7 Å². The van der Waals surface area contributed by atoms with Crippen LogP contribution in [0.1, 0.15) is 33.9 Å². The van der Waals surface area contributed by atoms with E-state index in [1.807, 2.05) is 30.3 Å². The van der Waals surface area contributed by atoms with E-state index in [-0.39, 0.29) is 18.2 Å². The summed E-state index contributed by atoms with van der Waals surface area (Å²) in [5, 5.41) is 0. The molecule has 0 N–H and O–H groups in total. The fourth-order valence-corrected chi connectivity index (χ4v) is 4.10. The molecule has 196 valence electrons. The second-order valence-corrected chi connectivity index (χ2v) is 8.47. The van der Waals surface area contributed by atoms with Crippen molar-refractivity contribution in [2.24, 2.45) is 0 Å². The van der Waals surface area contributed by atoms with Gasteiger partial charge in [0.15, 0.2) is 0 Å². The van der Waals surface area contributed by atoms with Crippen LogP contribution in [0.3, 0.4) is 0 Å². The van der Waals surface area contributed by atoms with Gasteiger partial charge in [0.2, 0.25) is 6.29 Å². The number of morpholine rings is 1. The summed E-state index contributed by atoms with van der Waals surface area (Å²) in [6, 6.07) is 16.1. The molecule has 1 saturated heterocycles. The Balaban J connectivity index is 1.60. The molecule has 0 aliphatic carbocycles. The van der Waals surface area contributed by atoms with Gasteiger partial charge < -0.3 is 9.47 Å². The van der Waals surface area contributed by atoms with Crippen molar-refractivity contribution in [1.29, 1.82) is 0 Å². The van der Waals surface area contributed by atoms with Crippen LogP contribution in [-0.4, -0.2) is 24.3 Å². The Morgan fingerprint density at radius 1 is 0.865 bits per heavy atom. The molecular formula is C27H22F7NO2. The lowest BCUT2D eigenvalue weighted by molar-refractivity contribution is -0.187. The van der Waals surface area contributed by atoms with Crippen molar-refractivity contribution in [2.75, 3.05) is 13.2 Å². The molecular weight excluding hydrogens is 503 g/mol. The van der Waals surface area contributed by atoms with Gasteiger partial charge in [-0.3, -0.25) is 4.90 Å². The van der Waals surface area contributed by atoms with E-state index in [2.05, 4.69) is 4.90 Å². The SMILES string of the molecule is Fc1ccc([C@H]2[C@@H](OC=Cc3cc(C(F)(F)F)cc(C(F)(F)F)c3)OCCN2Cc2ccccc2)cc1. The molecule has 0 bridgehead atoms. The lowest BCUT2D eigenvalue weighted by Gasteiger charge is -2.40. The molecule has 1 fully saturated rings. The van der Waals surface area contributed by atoms with Crippen LogP contribution in [0.15, 0.2) is 79.1 Å². The predicted molar refractivity (Wildman–Crippen MR) is 122 cm³/mol. The molecule has 3 aromatic carbocycles. The number of hydrogen-bond donors (Lipinski definition) is 0. The molecule has 3 nitrogen and oxygen atoms in total. The zero-order valence-electron chi connectivity index (χ0n) is 19.3. The number of hydrogen-bond acceptors (Lipinski definition) is 3. The molecule has 0 unspecified atom stereocenters. The predicted octanol–water partition coefficient (Wildman–Crippen LogP) is 7.45. The zero-order chi connectivity index (χ0) is 26.6. The largest absolute Gasteiger partial charge is 0.470 e. The summed E-state index contributed by atoms with van der Waals surface area (Å²) in [5.74, 6) is -0.433. The molecule has 4 rings (SSSR count). The quantitative estimate of drug-likeness (QED) is 0.247. The van der Waals surface area contributed by atoms with Gasteiger partial charge in [-0.2, -0.15) is 26.3 Å². The van der Waals surface area contributed by atoms with Gasteiger partial charge in [0.1, 0.15) is 5.82 Å². The summed E-state index contributed by atoms with van der Waals surface area (Å²) in [5.41, 5.74) is -1.50. The van der Waals surface area contributed by atoms with Crippen molar-refractivity contribution in [2.45, 2.75) is 31.2 Å². The zero-order valence-corrected chi connectivity index (χ0v) is 19.3. The highest BCUT2D eigenvalue weighted by atomic mass is 19.4. The first-order valence-corrected chi connectivity index (χ1v) is 11.3. The summed E-state index contributed by atoms with van der Waals surface area (Å²) in [6.07, 6.45) is -8.83. The van der Waals surface area contributed by atoms with Crippen LogP contribution in [0.5, 0.6) is 0 Å². The molecule has 37 heavy (non-hydrogen) atoms. The lowest BCUT2D eigenvalue weighted by Crippen LogP contribution is -2.45. The van der Waals surface area contributed by atoms with Crippen molar-refractivity contribution in [3.63, 3.8) is 0 Å². The van der Waals surface area contributed by atoms with E-state index in [1.165, 1.54) is 12.1 Å². The average molecular weight is 525 g/mol. The molecule has 10 heteroatoms. The minimum atomic E-state index is -4.96. The Bertz CT molecular complexity index is 1180. The van der Waals surface area contributed by atoms with Crippen LogP contribution in [0.4, 0.5) is 30.7 Å². The number of ether oxygens (including phenoxy) is 2. The summed E-state index contributed by atoms with van der Waals surface area (Å²) >= 11 is 0. The van der Waals surface area contributed by atoms with Crippen LogP contribution in [0, 0.1) is 5.82 Å². The van der Waals surface area contributed by atoms with Crippen molar-refractivity contribution >= 4 is 6.08 Å². The first-order chi connectivity index (χ1) is 17.5. The summed E-state index contributed by atoms with van der Waals surface area (Å²) < 4.78 is 104. The number of rotatable bonds is 6. The Labute approximate surface area is 208 Å². The molecule has 1 heterocycles. The van der Waals surface area contributed by atoms with Crippen LogP contribution < -0.4 is 0 Å². The normalized spacial score (nSPS) is 19.3. The second-order valence-electron chi connectivity index (χ2n) is 8.47. The molecule has 0 saturated carbocycles. The maximum atomic E-state index is 13.6. The van der Waals surface area contributed by atoms with Crippen LogP contribution >= 0.6 is 0 Å². The van der Waals surface area contributed by atoms with Crippen LogP contribution in [0.2, 0.25) is 0 Å². The Morgan fingerprint density at radius 2 is 1.49 bits per heavy atom. The first kappa shape index (κ1) is 26.7. The van der Waals surface area contributed by atoms with E-state index >= 15 is 0 Å². The minimum absolute atomic E-state index is 0.0640. The molecule has 2 atom stereocenters. The van der Waals surface area contributed by atoms with Crippen molar-refractivity contribution in [3.05, 3.63) is 113 Å². The standard InChI is InChI=1S/C27H22F7NO2/c28-23-8-6-20(7-9-23)24-25(37-13-11-35(24)17-18-4-2-1-3-5-18)36-12-10-19-14-21(26(29,30)31)16-22(15-19)27(32,33)34/h1-10,12,14-16,24-25H,11,13,17H2/t24-,25-/m0/s1. The van der Waals surface area contributed by atoms with Gasteiger partial charge in [0.25, 0.3) is 0 Å². The third-order valence-corrected chi connectivity index (χ3v) is 5.84. The molecule has 3 aromatic rings. The summed E-state index contributed by atoms with van der Waals surface area (Å²) in [4.78, 5) is 2.05. The van der Waals surface area contributed by atoms with Gasteiger partial charge in [-0.25, -0.2) is 4.39 Å². The van der Waals surface area contributed by atoms with Crippen molar-refractivity contribution < 1.29 is 40.2 Å². The highest BCUT2D eigenvalue weighted by Gasteiger charge is 2.37. The highest BCUT2D eigenvalue weighted by molar-refractivity contribution is 5.52. The molecule has 0 radical (unpaired) electrons. The van der Waals surface area contributed by atoms with Crippen molar-refractivity contribution in [3.8, 4) is 0 Å². The van der Waals surface area contributed by atoms with E-state index in [9.17, 15) is 30.7 Å². The summed E-state index contributed by atoms with van der Waals surface area (Å²) in [6.45, 7) is 1.30. The minimum Gasteiger partial charge on any atom is -0.470 e. The smallest absolute Gasteiger partial charge is 0.416 e. The molecule has 0 aromatic heterocycles. The van der Waals surface area contributed by atoms with Crippen LogP contribution in [0.25, 0.3) is 6.08 Å². The second kappa shape index (κ2) is 10.9. The number of halogens is 7. The number of nitrogens with zero attached hydrogens (tertiary/aromatic N) is 1.